The van der Waals surface area contributed by atoms with Gasteiger partial charge in [-0.15, -0.1) is 0 Å². The van der Waals surface area contributed by atoms with Crippen molar-refractivity contribution in [2.75, 3.05) is 12.0 Å². The number of H-pyrrole nitrogens is 1. The number of rotatable bonds is 3. The van der Waals surface area contributed by atoms with Gasteiger partial charge in [0.1, 0.15) is 6.33 Å². The fourth-order valence-electron chi connectivity index (χ4n) is 1.21. The average Bonchev–Trinajstić information content (AvgIpc) is 2.74. The van der Waals surface area contributed by atoms with Crippen LogP contribution >= 0.6 is 0 Å². The van der Waals surface area contributed by atoms with Gasteiger partial charge in [-0.3, -0.25) is 15.2 Å². The Morgan fingerprint density at radius 3 is 3.24 bits per heavy atom. The minimum absolute atomic E-state index is 0.252. The van der Waals surface area contributed by atoms with Crippen molar-refractivity contribution >= 4 is 17.7 Å². The first-order valence-electron chi connectivity index (χ1n) is 4.82. The smallest absolute Gasteiger partial charge is 0.425 e. The van der Waals surface area contributed by atoms with Crippen LogP contribution in [0.15, 0.2) is 17.2 Å². The Labute approximate surface area is 94.8 Å². The summed E-state index contributed by atoms with van der Waals surface area (Å²) < 4.78 is 5.97. The Morgan fingerprint density at radius 1 is 1.65 bits per heavy atom. The van der Waals surface area contributed by atoms with E-state index in [4.69, 9.17) is 0 Å². The van der Waals surface area contributed by atoms with Crippen LogP contribution in [0.4, 0.5) is 10.6 Å². The van der Waals surface area contributed by atoms with Crippen molar-refractivity contribution in [2.24, 2.45) is 0 Å². The van der Waals surface area contributed by atoms with Crippen molar-refractivity contribution in [1.82, 2.24) is 25.0 Å². The molecule has 0 aromatic carbocycles. The number of carbonyl (C=O) groups is 1. The number of anilines is 1. The first-order chi connectivity index (χ1) is 8.20. The zero-order valence-electron chi connectivity index (χ0n) is 8.93. The van der Waals surface area contributed by atoms with Crippen molar-refractivity contribution in [3.05, 3.63) is 22.7 Å². The molecule has 17 heavy (non-hydrogen) atoms. The summed E-state index contributed by atoms with van der Waals surface area (Å²) in [7, 11) is 0. The summed E-state index contributed by atoms with van der Waals surface area (Å²) in [4.78, 5) is 28.6. The minimum Gasteiger partial charge on any atom is -0.449 e. The number of hydrogen-bond donors (Lipinski definition) is 3. The van der Waals surface area contributed by atoms with Gasteiger partial charge >= 0.3 is 6.09 Å². The van der Waals surface area contributed by atoms with E-state index < -0.39 is 6.09 Å². The molecule has 0 aliphatic heterocycles. The molecule has 0 aliphatic carbocycles. The molecule has 0 bridgehead atoms. The minimum atomic E-state index is -0.652. The molecule has 9 nitrogen and oxygen atoms in total. The number of carbonyl (C=O) groups excluding carboxylic acids is 1. The molecule has 0 atom stereocenters. The van der Waals surface area contributed by atoms with E-state index in [2.05, 4.69) is 30.7 Å². The third-order valence-corrected chi connectivity index (χ3v) is 1.85. The fraction of sp³-hybridized carbons (Fsp3) is 0.250. The van der Waals surface area contributed by atoms with Gasteiger partial charge in [-0.05, 0) is 6.92 Å². The molecule has 0 radical (unpaired) electrons. The number of hydrazine groups is 1. The Hall–Kier alpha value is -2.58. The molecular weight excluding hydrogens is 228 g/mol. The first-order valence-corrected chi connectivity index (χ1v) is 4.82. The number of fused-ring (bicyclic) bond motifs is 1. The number of hydrogen-bond acceptors (Lipinski definition) is 6. The van der Waals surface area contributed by atoms with Gasteiger partial charge in [-0.25, -0.2) is 10.2 Å². The van der Waals surface area contributed by atoms with Crippen molar-refractivity contribution in [1.29, 1.82) is 0 Å². The third-order valence-electron chi connectivity index (χ3n) is 1.85. The van der Waals surface area contributed by atoms with E-state index in [1.807, 2.05) is 0 Å². The van der Waals surface area contributed by atoms with Gasteiger partial charge in [-0.2, -0.15) is 14.6 Å². The third kappa shape index (κ3) is 2.33. The van der Waals surface area contributed by atoms with E-state index in [1.165, 1.54) is 16.9 Å². The van der Waals surface area contributed by atoms with E-state index in [-0.39, 0.29) is 23.8 Å². The molecular formula is C8H10N6O3. The Balaban J connectivity index is 2.20. The van der Waals surface area contributed by atoms with Gasteiger partial charge in [0, 0.05) is 6.07 Å². The molecule has 2 aromatic rings. The topological polar surface area (TPSA) is 113 Å². The molecule has 0 saturated carbocycles. The zero-order chi connectivity index (χ0) is 12.3. The van der Waals surface area contributed by atoms with Crippen LogP contribution in [0.3, 0.4) is 0 Å². The molecule has 0 aliphatic rings. The second-order valence-electron chi connectivity index (χ2n) is 2.98. The average molecular weight is 238 g/mol. The predicted octanol–water partition coefficient (Wildman–Crippen LogP) is -0.509. The summed E-state index contributed by atoms with van der Waals surface area (Å²) >= 11 is 0. The highest BCUT2D eigenvalue weighted by Crippen LogP contribution is 2.01. The van der Waals surface area contributed by atoms with Crippen LogP contribution in [-0.2, 0) is 4.74 Å². The Kier molecular flexibility index (Phi) is 2.90. The van der Waals surface area contributed by atoms with Crippen LogP contribution < -0.4 is 16.4 Å². The predicted molar refractivity (Wildman–Crippen MR) is 57.4 cm³/mol. The van der Waals surface area contributed by atoms with Gasteiger partial charge in [0.15, 0.2) is 5.82 Å². The molecule has 1 amide bonds. The lowest BCUT2D eigenvalue weighted by molar-refractivity contribution is 0.154. The quantitative estimate of drug-likeness (QED) is 0.620. The van der Waals surface area contributed by atoms with Gasteiger partial charge in [0.25, 0.3) is 5.56 Å². The molecule has 0 unspecified atom stereocenters. The lowest BCUT2D eigenvalue weighted by Crippen LogP contribution is -2.31. The van der Waals surface area contributed by atoms with E-state index in [0.717, 1.165) is 0 Å². The van der Waals surface area contributed by atoms with E-state index in [1.54, 1.807) is 6.92 Å². The Morgan fingerprint density at radius 2 is 2.47 bits per heavy atom. The second-order valence-corrected chi connectivity index (χ2v) is 2.98. The SMILES string of the molecule is CCOC(=O)NNc1cc(=O)[nH]c2ncnn12. The molecule has 9 heteroatoms. The highest BCUT2D eigenvalue weighted by molar-refractivity contribution is 5.68. The van der Waals surface area contributed by atoms with Crippen molar-refractivity contribution < 1.29 is 9.53 Å². The summed E-state index contributed by atoms with van der Waals surface area (Å²) in [6.45, 7) is 1.93. The molecule has 0 fully saturated rings. The van der Waals surface area contributed by atoms with Gasteiger partial charge < -0.3 is 4.74 Å². The standard InChI is InChI=1S/C8H10N6O3/c1-2-17-8(16)13-12-5-3-6(15)11-7-9-4-10-14(5)7/h3-4,12H,2H2,1H3,(H,13,16)(H,9,10,11,15). The fourth-order valence-corrected chi connectivity index (χ4v) is 1.21. The second kappa shape index (κ2) is 4.51. The van der Waals surface area contributed by atoms with Crippen molar-refractivity contribution in [3.63, 3.8) is 0 Å². The summed E-state index contributed by atoms with van der Waals surface area (Å²) in [5.74, 6) is 0.542. The number of nitrogens with one attached hydrogen (secondary N) is 3. The maximum atomic E-state index is 11.3. The molecule has 0 saturated heterocycles. The monoisotopic (exact) mass is 238 g/mol. The Bertz CT molecular complexity index is 588. The van der Waals surface area contributed by atoms with Crippen LogP contribution in [0.1, 0.15) is 6.92 Å². The maximum absolute atomic E-state index is 11.3. The summed E-state index contributed by atoms with van der Waals surface area (Å²) in [5, 5.41) is 3.86. The first kappa shape index (κ1) is 10.9. The highest BCUT2D eigenvalue weighted by atomic mass is 16.5. The van der Waals surface area contributed by atoms with Gasteiger partial charge in [0.05, 0.1) is 6.61 Å². The maximum Gasteiger partial charge on any atom is 0.425 e. The van der Waals surface area contributed by atoms with Crippen LogP contribution in [0.2, 0.25) is 0 Å². The number of nitrogens with zero attached hydrogens (tertiary/aromatic N) is 3. The van der Waals surface area contributed by atoms with Crippen LogP contribution in [-0.4, -0.2) is 32.3 Å². The molecule has 90 valence electrons. The van der Waals surface area contributed by atoms with Crippen LogP contribution in [0.25, 0.3) is 5.78 Å². The summed E-state index contributed by atoms with van der Waals surface area (Å²) in [6.07, 6.45) is 0.627. The number of ether oxygens (including phenoxy) is 1. The largest absolute Gasteiger partial charge is 0.449 e. The van der Waals surface area contributed by atoms with E-state index in [0.29, 0.717) is 0 Å². The van der Waals surface area contributed by atoms with E-state index >= 15 is 0 Å². The number of aromatic amines is 1. The van der Waals surface area contributed by atoms with Gasteiger partial charge in [-0.1, -0.05) is 0 Å². The molecule has 2 aromatic heterocycles. The van der Waals surface area contributed by atoms with Gasteiger partial charge in [0.2, 0.25) is 5.78 Å². The zero-order valence-corrected chi connectivity index (χ0v) is 8.93. The summed E-state index contributed by atoms with van der Waals surface area (Å²) in [6, 6.07) is 1.23. The van der Waals surface area contributed by atoms with E-state index in [9.17, 15) is 9.59 Å². The highest BCUT2D eigenvalue weighted by Gasteiger charge is 2.06. The van der Waals surface area contributed by atoms with Crippen LogP contribution in [0.5, 0.6) is 0 Å². The number of amides is 1. The molecule has 0 spiro atoms. The molecule has 2 rings (SSSR count). The van der Waals surface area contributed by atoms with Crippen molar-refractivity contribution in [2.45, 2.75) is 6.92 Å². The normalized spacial score (nSPS) is 10.2. The van der Waals surface area contributed by atoms with Crippen LogP contribution in [0, 0.1) is 0 Å². The molecule has 2 heterocycles. The lowest BCUT2D eigenvalue weighted by atomic mass is 10.6. The number of aromatic nitrogens is 4. The van der Waals surface area contributed by atoms with Crippen molar-refractivity contribution in [3.8, 4) is 0 Å². The lowest BCUT2D eigenvalue weighted by Gasteiger charge is -2.08. The molecule has 3 N–H and O–H groups in total. The summed E-state index contributed by atoms with van der Waals surface area (Å²) in [5.41, 5.74) is 4.41.